The molecule has 0 unspecified atom stereocenters. The number of likely N-dealkylation sites (tertiary alicyclic amines) is 1. The Morgan fingerprint density at radius 1 is 1.22 bits per heavy atom. The fourth-order valence-electron chi connectivity index (χ4n) is 3.52. The van der Waals surface area contributed by atoms with Crippen LogP contribution in [0.25, 0.3) is 0 Å². The number of benzene rings is 1. The summed E-state index contributed by atoms with van der Waals surface area (Å²) < 4.78 is 13.0. The number of carbonyl (C=O) groups excluding carboxylic acids is 1. The normalized spacial score (nSPS) is 17.3. The number of unbranched alkanes of at least 4 members (excludes halogenated alkanes) is 1. The second kappa shape index (κ2) is 9.05. The zero-order chi connectivity index (χ0) is 16.7. The maximum absolute atomic E-state index is 13.0. The summed E-state index contributed by atoms with van der Waals surface area (Å²) in [5, 5.41) is 0. The fourth-order valence-corrected chi connectivity index (χ4v) is 3.52. The van der Waals surface area contributed by atoms with E-state index >= 15 is 0 Å². The highest BCUT2D eigenvalue weighted by molar-refractivity contribution is 5.78. The summed E-state index contributed by atoms with van der Waals surface area (Å²) in [6.45, 7) is 6.07. The van der Waals surface area contributed by atoms with Gasteiger partial charge in [0, 0.05) is 19.0 Å². The molecular formula is C20H30FNO. The second-order valence-electron chi connectivity index (χ2n) is 6.85. The van der Waals surface area contributed by atoms with E-state index in [0.717, 1.165) is 58.0 Å². The van der Waals surface area contributed by atoms with Crippen molar-refractivity contribution >= 4 is 5.91 Å². The molecule has 0 bridgehead atoms. The molecule has 1 aromatic carbocycles. The number of carbonyl (C=O) groups is 1. The molecule has 0 radical (unpaired) electrons. The van der Waals surface area contributed by atoms with Gasteiger partial charge in [-0.1, -0.05) is 38.8 Å². The monoisotopic (exact) mass is 319 g/mol. The van der Waals surface area contributed by atoms with Crippen molar-refractivity contribution < 1.29 is 9.18 Å². The summed E-state index contributed by atoms with van der Waals surface area (Å²) in [5.74, 6) is 1.01. The summed E-state index contributed by atoms with van der Waals surface area (Å²) in [4.78, 5) is 14.7. The van der Waals surface area contributed by atoms with Crippen molar-refractivity contribution in [2.75, 3.05) is 13.1 Å². The predicted molar refractivity (Wildman–Crippen MR) is 92.7 cm³/mol. The Bertz CT molecular complexity index is 477. The van der Waals surface area contributed by atoms with Crippen molar-refractivity contribution in [1.29, 1.82) is 0 Å². The van der Waals surface area contributed by atoms with Gasteiger partial charge in [-0.3, -0.25) is 4.79 Å². The highest BCUT2D eigenvalue weighted by Crippen LogP contribution is 2.24. The molecule has 128 valence electrons. The molecule has 0 N–H and O–H groups in total. The van der Waals surface area contributed by atoms with Gasteiger partial charge in [0.2, 0.25) is 5.91 Å². The average molecular weight is 319 g/mol. The standard InChI is InChI=1S/C20H30FNO/c1-3-5-6-18(4-2)20(23)22-13-11-17(12-14-22)15-16-7-9-19(21)10-8-16/h7-10,17-18H,3-6,11-15H2,1-2H3/t18-/m1/s1. The van der Waals surface area contributed by atoms with Crippen LogP contribution in [0.1, 0.15) is 57.9 Å². The van der Waals surface area contributed by atoms with Gasteiger partial charge in [-0.05, 0) is 55.7 Å². The van der Waals surface area contributed by atoms with Gasteiger partial charge in [0.15, 0.2) is 0 Å². The second-order valence-corrected chi connectivity index (χ2v) is 6.85. The zero-order valence-corrected chi connectivity index (χ0v) is 14.6. The number of rotatable bonds is 7. The van der Waals surface area contributed by atoms with Crippen LogP contribution in [0.5, 0.6) is 0 Å². The summed E-state index contributed by atoms with van der Waals surface area (Å²) in [5.41, 5.74) is 1.20. The molecule has 23 heavy (non-hydrogen) atoms. The zero-order valence-electron chi connectivity index (χ0n) is 14.6. The first-order valence-electron chi connectivity index (χ1n) is 9.17. The molecule has 1 amide bonds. The molecule has 1 atom stereocenters. The molecule has 2 nitrogen and oxygen atoms in total. The third-order valence-electron chi connectivity index (χ3n) is 5.11. The van der Waals surface area contributed by atoms with Crippen LogP contribution in [-0.2, 0) is 11.2 Å². The van der Waals surface area contributed by atoms with E-state index in [1.807, 2.05) is 12.1 Å². The molecule has 1 aliphatic heterocycles. The van der Waals surface area contributed by atoms with Gasteiger partial charge in [-0.25, -0.2) is 4.39 Å². The van der Waals surface area contributed by atoms with Gasteiger partial charge in [0.05, 0.1) is 0 Å². The average Bonchev–Trinajstić information content (AvgIpc) is 2.58. The van der Waals surface area contributed by atoms with Gasteiger partial charge < -0.3 is 4.90 Å². The Morgan fingerprint density at radius 2 is 1.87 bits per heavy atom. The summed E-state index contributed by atoms with van der Waals surface area (Å²) >= 11 is 0. The molecular weight excluding hydrogens is 289 g/mol. The molecule has 0 saturated carbocycles. The van der Waals surface area contributed by atoms with Crippen molar-refractivity contribution in [2.24, 2.45) is 11.8 Å². The van der Waals surface area contributed by atoms with Crippen LogP contribution >= 0.6 is 0 Å². The van der Waals surface area contributed by atoms with Crippen molar-refractivity contribution in [1.82, 2.24) is 4.90 Å². The van der Waals surface area contributed by atoms with E-state index in [1.54, 1.807) is 0 Å². The minimum atomic E-state index is -0.174. The highest BCUT2D eigenvalue weighted by atomic mass is 19.1. The van der Waals surface area contributed by atoms with Gasteiger partial charge >= 0.3 is 0 Å². The lowest BCUT2D eigenvalue weighted by atomic mass is 9.89. The molecule has 2 rings (SSSR count). The number of hydrogen-bond donors (Lipinski definition) is 0. The van der Waals surface area contributed by atoms with E-state index in [1.165, 1.54) is 17.7 Å². The van der Waals surface area contributed by atoms with Crippen LogP contribution in [0, 0.1) is 17.7 Å². The van der Waals surface area contributed by atoms with Gasteiger partial charge in [0.1, 0.15) is 5.82 Å². The lowest BCUT2D eigenvalue weighted by Crippen LogP contribution is -2.42. The molecule has 0 spiro atoms. The molecule has 3 heteroatoms. The van der Waals surface area contributed by atoms with E-state index in [0.29, 0.717) is 11.8 Å². The number of nitrogens with zero attached hydrogens (tertiary/aromatic N) is 1. The Kier molecular flexibility index (Phi) is 7.07. The van der Waals surface area contributed by atoms with Crippen LogP contribution in [-0.4, -0.2) is 23.9 Å². The SMILES string of the molecule is CCCC[C@@H](CC)C(=O)N1CCC(Cc2ccc(F)cc2)CC1. The first kappa shape index (κ1) is 18.0. The van der Waals surface area contributed by atoms with Gasteiger partial charge in [-0.2, -0.15) is 0 Å². The Morgan fingerprint density at radius 3 is 2.43 bits per heavy atom. The molecule has 1 aromatic rings. The van der Waals surface area contributed by atoms with Crippen molar-refractivity contribution in [2.45, 2.75) is 58.8 Å². The summed E-state index contributed by atoms with van der Waals surface area (Å²) in [6, 6.07) is 6.83. The van der Waals surface area contributed by atoms with Crippen LogP contribution < -0.4 is 0 Å². The van der Waals surface area contributed by atoms with E-state index in [2.05, 4.69) is 18.7 Å². The highest BCUT2D eigenvalue weighted by Gasteiger charge is 2.27. The largest absolute Gasteiger partial charge is 0.342 e. The van der Waals surface area contributed by atoms with Crippen LogP contribution in [0.4, 0.5) is 4.39 Å². The Hall–Kier alpha value is -1.38. The molecule has 1 aliphatic rings. The minimum Gasteiger partial charge on any atom is -0.342 e. The van der Waals surface area contributed by atoms with Crippen LogP contribution in [0.3, 0.4) is 0 Å². The fraction of sp³-hybridized carbons (Fsp3) is 0.650. The number of halogens is 1. The number of amides is 1. The minimum absolute atomic E-state index is 0.174. The Labute approximate surface area is 140 Å². The third kappa shape index (κ3) is 5.33. The van der Waals surface area contributed by atoms with Crippen molar-refractivity contribution in [3.05, 3.63) is 35.6 Å². The van der Waals surface area contributed by atoms with E-state index in [4.69, 9.17) is 0 Å². The van der Waals surface area contributed by atoms with Gasteiger partial charge in [0.25, 0.3) is 0 Å². The third-order valence-corrected chi connectivity index (χ3v) is 5.11. The quantitative estimate of drug-likeness (QED) is 0.705. The lowest BCUT2D eigenvalue weighted by molar-refractivity contribution is -0.137. The van der Waals surface area contributed by atoms with Gasteiger partial charge in [-0.15, -0.1) is 0 Å². The van der Waals surface area contributed by atoms with Crippen LogP contribution in [0.15, 0.2) is 24.3 Å². The maximum Gasteiger partial charge on any atom is 0.225 e. The van der Waals surface area contributed by atoms with Crippen LogP contribution in [0.2, 0.25) is 0 Å². The molecule has 0 aliphatic carbocycles. The van der Waals surface area contributed by atoms with E-state index in [-0.39, 0.29) is 11.7 Å². The van der Waals surface area contributed by atoms with E-state index in [9.17, 15) is 9.18 Å². The molecule has 1 saturated heterocycles. The summed E-state index contributed by atoms with van der Waals surface area (Å²) in [7, 11) is 0. The first-order valence-corrected chi connectivity index (χ1v) is 9.17. The molecule has 1 heterocycles. The predicted octanol–water partition coefficient (Wildman–Crippen LogP) is 4.82. The Balaban J connectivity index is 1.80. The van der Waals surface area contributed by atoms with Crippen molar-refractivity contribution in [3.63, 3.8) is 0 Å². The molecule has 0 aromatic heterocycles. The maximum atomic E-state index is 13.0. The molecule has 1 fully saturated rings. The number of hydrogen-bond acceptors (Lipinski definition) is 1. The van der Waals surface area contributed by atoms with E-state index < -0.39 is 0 Å². The number of piperidine rings is 1. The topological polar surface area (TPSA) is 20.3 Å². The first-order chi connectivity index (χ1) is 11.1. The summed E-state index contributed by atoms with van der Waals surface area (Å²) in [6.07, 6.45) is 7.40. The van der Waals surface area contributed by atoms with Crippen molar-refractivity contribution in [3.8, 4) is 0 Å². The smallest absolute Gasteiger partial charge is 0.225 e. The lowest BCUT2D eigenvalue weighted by Gasteiger charge is -2.34.